The van der Waals surface area contributed by atoms with Crippen LogP contribution in [0.5, 0.6) is 5.75 Å². The van der Waals surface area contributed by atoms with Crippen molar-refractivity contribution in [2.24, 2.45) is 0 Å². The van der Waals surface area contributed by atoms with Crippen LogP contribution >= 0.6 is 23.2 Å². The minimum Gasteiger partial charge on any atom is -0.494 e. The lowest BCUT2D eigenvalue weighted by Crippen LogP contribution is -2.00. The molecule has 4 nitrogen and oxygen atoms in total. The minimum atomic E-state index is 0.391. The van der Waals surface area contributed by atoms with Gasteiger partial charge in [0.25, 0.3) is 0 Å². The number of para-hydroxylation sites is 2. The van der Waals surface area contributed by atoms with E-state index in [0.717, 1.165) is 11.0 Å². The molecular formula is C19H15Cl2N3O. The van der Waals surface area contributed by atoms with Gasteiger partial charge >= 0.3 is 0 Å². The van der Waals surface area contributed by atoms with Crippen molar-refractivity contribution in [1.82, 2.24) is 9.55 Å². The number of imidazole rings is 1. The lowest BCUT2D eigenvalue weighted by molar-refractivity contribution is 0.415. The number of nitriles is 1. The molecule has 0 fully saturated rings. The zero-order chi connectivity index (χ0) is 18.0. The molecule has 0 saturated carbocycles. The second-order valence-electron chi connectivity index (χ2n) is 5.36. The molecule has 0 bridgehead atoms. The average molecular weight is 372 g/mol. The molecule has 0 aliphatic heterocycles. The molecule has 3 aromatic rings. The molecule has 2 aromatic carbocycles. The normalized spacial score (nSPS) is 11.6. The number of ether oxygens (including phenoxy) is 1. The maximum atomic E-state index is 9.66. The van der Waals surface area contributed by atoms with Gasteiger partial charge in [-0.25, -0.2) is 4.98 Å². The van der Waals surface area contributed by atoms with Crippen molar-refractivity contribution >= 4 is 45.9 Å². The first-order valence-corrected chi connectivity index (χ1v) is 8.45. The molecular weight excluding hydrogens is 357 g/mol. The van der Waals surface area contributed by atoms with Gasteiger partial charge in [-0.1, -0.05) is 35.3 Å². The van der Waals surface area contributed by atoms with Gasteiger partial charge in [-0.2, -0.15) is 5.26 Å². The van der Waals surface area contributed by atoms with Crippen molar-refractivity contribution in [3.8, 4) is 11.8 Å². The smallest absolute Gasteiger partial charge is 0.156 e. The van der Waals surface area contributed by atoms with Gasteiger partial charge < -0.3 is 9.30 Å². The number of hydrogen-bond donors (Lipinski definition) is 0. The van der Waals surface area contributed by atoms with E-state index in [1.165, 1.54) is 7.11 Å². The van der Waals surface area contributed by atoms with Crippen molar-refractivity contribution in [3.05, 3.63) is 57.8 Å². The van der Waals surface area contributed by atoms with Crippen LogP contribution in [0.15, 0.2) is 36.4 Å². The Hall–Kier alpha value is -2.48. The molecule has 25 heavy (non-hydrogen) atoms. The van der Waals surface area contributed by atoms with E-state index in [1.54, 1.807) is 18.2 Å². The van der Waals surface area contributed by atoms with Gasteiger partial charge in [0, 0.05) is 6.54 Å². The molecule has 0 amide bonds. The lowest BCUT2D eigenvalue weighted by Gasteiger charge is -2.08. The fraction of sp³-hybridized carbons (Fsp3) is 0.158. The maximum Gasteiger partial charge on any atom is 0.156 e. The summed E-state index contributed by atoms with van der Waals surface area (Å²) < 4.78 is 7.17. The van der Waals surface area contributed by atoms with Crippen LogP contribution < -0.4 is 4.74 Å². The summed E-state index contributed by atoms with van der Waals surface area (Å²) in [5.74, 6) is 1.04. The Balaban J connectivity index is 2.16. The molecule has 0 N–H and O–H groups in total. The predicted octanol–water partition coefficient (Wildman–Crippen LogP) is 5.44. The van der Waals surface area contributed by atoms with E-state index in [-0.39, 0.29) is 0 Å². The standard InChI is InChI=1S/C19H15Cl2N3O/c1-3-24-17-7-5-4-6-16(17)23-19(24)13(11-22)8-12-9-14(20)18(25-2)15(21)10-12/h4-10H,3H2,1-2H3/b13-8-. The van der Waals surface area contributed by atoms with E-state index < -0.39 is 0 Å². The van der Waals surface area contributed by atoms with Gasteiger partial charge in [-0.3, -0.25) is 0 Å². The number of aryl methyl sites for hydroxylation is 1. The van der Waals surface area contributed by atoms with Gasteiger partial charge in [-0.05, 0) is 42.8 Å². The van der Waals surface area contributed by atoms with Crippen LogP contribution in [0.4, 0.5) is 0 Å². The van der Waals surface area contributed by atoms with E-state index in [2.05, 4.69) is 11.1 Å². The first-order chi connectivity index (χ1) is 12.1. The third-order valence-corrected chi connectivity index (χ3v) is 4.43. The number of fused-ring (bicyclic) bond motifs is 1. The van der Waals surface area contributed by atoms with E-state index in [0.29, 0.717) is 39.3 Å². The number of nitrogens with zero attached hydrogens (tertiary/aromatic N) is 3. The molecule has 6 heteroatoms. The summed E-state index contributed by atoms with van der Waals surface area (Å²) in [6.07, 6.45) is 1.73. The van der Waals surface area contributed by atoms with E-state index >= 15 is 0 Å². The van der Waals surface area contributed by atoms with Crippen LogP contribution in [0.1, 0.15) is 18.3 Å². The molecule has 0 unspecified atom stereocenters. The van der Waals surface area contributed by atoms with Crippen LogP contribution in [-0.4, -0.2) is 16.7 Å². The zero-order valence-corrected chi connectivity index (χ0v) is 15.3. The van der Waals surface area contributed by atoms with Crippen LogP contribution in [0.2, 0.25) is 10.0 Å². The second-order valence-corrected chi connectivity index (χ2v) is 6.17. The van der Waals surface area contributed by atoms with E-state index in [4.69, 9.17) is 27.9 Å². The highest BCUT2D eigenvalue weighted by Crippen LogP contribution is 2.35. The van der Waals surface area contributed by atoms with Crippen molar-refractivity contribution in [2.75, 3.05) is 7.11 Å². The number of hydrogen-bond acceptors (Lipinski definition) is 3. The Morgan fingerprint density at radius 1 is 1.28 bits per heavy atom. The topological polar surface area (TPSA) is 50.8 Å². The SMILES string of the molecule is CCn1c(/C(C#N)=C\c2cc(Cl)c(OC)c(Cl)c2)nc2ccccc21. The van der Waals surface area contributed by atoms with Crippen LogP contribution in [-0.2, 0) is 6.54 Å². The zero-order valence-electron chi connectivity index (χ0n) is 13.8. The van der Waals surface area contributed by atoms with Crippen LogP contribution in [0.25, 0.3) is 22.7 Å². The summed E-state index contributed by atoms with van der Waals surface area (Å²) >= 11 is 12.4. The fourth-order valence-electron chi connectivity index (χ4n) is 2.77. The van der Waals surface area contributed by atoms with Crippen molar-refractivity contribution in [2.45, 2.75) is 13.5 Å². The van der Waals surface area contributed by atoms with Gasteiger partial charge in [0.05, 0.1) is 33.8 Å². The summed E-state index contributed by atoms with van der Waals surface area (Å²) in [6.45, 7) is 2.73. The highest BCUT2D eigenvalue weighted by Gasteiger charge is 2.14. The molecule has 0 spiro atoms. The highest BCUT2D eigenvalue weighted by atomic mass is 35.5. The number of methoxy groups -OCH3 is 1. The summed E-state index contributed by atoms with van der Waals surface area (Å²) in [7, 11) is 1.51. The number of rotatable bonds is 4. The first kappa shape index (κ1) is 17.3. The van der Waals surface area contributed by atoms with Gasteiger partial charge in [0.1, 0.15) is 6.07 Å². The summed E-state index contributed by atoms with van der Waals surface area (Å²) in [4.78, 5) is 4.61. The Bertz CT molecular complexity index is 992. The largest absolute Gasteiger partial charge is 0.494 e. The molecule has 1 heterocycles. The molecule has 0 atom stereocenters. The molecule has 0 saturated heterocycles. The maximum absolute atomic E-state index is 9.66. The third-order valence-electron chi connectivity index (χ3n) is 3.87. The van der Waals surface area contributed by atoms with Crippen molar-refractivity contribution < 1.29 is 4.74 Å². The number of allylic oxidation sites excluding steroid dienone is 1. The van der Waals surface area contributed by atoms with Gasteiger partial charge in [0.15, 0.2) is 11.6 Å². The lowest BCUT2D eigenvalue weighted by atomic mass is 10.1. The third kappa shape index (κ3) is 3.21. The quantitative estimate of drug-likeness (QED) is 0.574. The highest BCUT2D eigenvalue weighted by molar-refractivity contribution is 6.37. The summed E-state index contributed by atoms with van der Waals surface area (Å²) in [6, 6.07) is 13.5. The molecule has 0 aliphatic rings. The fourth-order valence-corrected chi connectivity index (χ4v) is 3.43. The molecule has 126 valence electrons. The van der Waals surface area contributed by atoms with Crippen LogP contribution in [0.3, 0.4) is 0 Å². The Labute approximate surface area is 155 Å². The molecule has 0 radical (unpaired) electrons. The van der Waals surface area contributed by atoms with Gasteiger partial charge in [0.2, 0.25) is 0 Å². The first-order valence-electron chi connectivity index (χ1n) is 7.69. The number of aromatic nitrogens is 2. The number of benzene rings is 2. The van der Waals surface area contributed by atoms with Crippen LogP contribution in [0, 0.1) is 11.3 Å². The summed E-state index contributed by atoms with van der Waals surface area (Å²) in [5, 5.41) is 10.4. The molecule has 0 aliphatic carbocycles. The second kappa shape index (κ2) is 7.18. The number of halogens is 2. The average Bonchev–Trinajstić information content (AvgIpc) is 2.97. The van der Waals surface area contributed by atoms with E-state index in [9.17, 15) is 5.26 Å². The van der Waals surface area contributed by atoms with Gasteiger partial charge in [-0.15, -0.1) is 0 Å². The molecule has 1 aromatic heterocycles. The Morgan fingerprint density at radius 3 is 2.56 bits per heavy atom. The summed E-state index contributed by atoms with van der Waals surface area (Å²) in [5.41, 5.74) is 3.00. The monoisotopic (exact) mass is 371 g/mol. The van der Waals surface area contributed by atoms with E-state index in [1.807, 2.05) is 35.8 Å². The Kier molecular flexibility index (Phi) is 4.98. The minimum absolute atomic E-state index is 0.391. The Morgan fingerprint density at radius 2 is 1.96 bits per heavy atom. The van der Waals surface area contributed by atoms with Crippen molar-refractivity contribution in [3.63, 3.8) is 0 Å². The molecule has 3 rings (SSSR count). The van der Waals surface area contributed by atoms with Crippen molar-refractivity contribution in [1.29, 1.82) is 5.26 Å². The predicted molar refractivity (Wildman–Crippen MR) is 102 cm³/mol.